The van der Waals surface area contributed by atoms with Crippen molar-refractivity contribution in [3.05, 3.63) is 72.3 Å². The van der Waals surface area contributed by atoms with Crippen molar-refractivity contribution in [2.24, 2.45) is 5.73 Å². The smallest absolute Gasteiger partial charge is 0.227 e. The Bertz CT molecular complexity index is 842. The molecule has 0 spiro atoms. The van der Waals surface area contributed by atoms with Crippen LogP contribution in [0.25, 0.3) is 11.3 Å². The van der Waals surface area contributed by atoms with Gasteiger partial charge in [-0.3, -0.25) is 4.79 Å². The third-order valence-electron chi connectivity index (χ3n) is 3.32. The summed E-state index contributed by atoms with van der Waals surface area (Å²) in [5.41, 5.74) is 8.34. The highest BCUT2D eigenvalue weighted by Gasteiger charge is 2.09. The molecular formula is C19H17N3OS2. The van der Waals surface area contributed by atoms with Crippen LogP contribution in [-0.4, -0.2) is 21.6 Å². The Morgan fingerprint density at radius 3 is 2.28 bits per heavy atom. The van der Waals surface area contributed by atoms with Crippen LogP contribution in [0.3, 0.4) is 0 Å². The third-order valence-corrected chi connectivity index (χ3v) is 5.18. The Hall–Kier alpha value is -2.31. The molecule has 3 aromatic rings. The van der Waals surface area contributed by atoms with E-state index in [1.165, 1.54) is 17.3 Å². The van der Waals surface area contributed by atoms with Crippen LogP contribution < -0.4 is 5.73 Å². The Morgan fingerprint density at radius 2 is 1.60 bits per heavy atom. The maximum atomic E-state index is 11.1. The average Bonchev–Trinajstić information content (AvgIpc) is 2.66. The van der Waals surface area contributed by atoms with E-state index >= 15 is 0 Å². The van der Waals surface area contributed by atoms with Crippen LogP contribution in [0.2, 0.25) is 0 Å². The second-order valence-corrected chi connectivity index (χ2v) is 7.21. The maximum absolute atomic E-state index is 11.1. The summed E-state index contributed by atoms with van der Waals surface area (Å²) >= 11 is 2.91. The van der Waals surface area contributed by atoms with E-state index in [1.54, 1.807) is 11.8 Å². The Labute approximate surface area is 155 Å². The summed E-state index contributed by atoms with van der Waals surface area (Å²) in [6.07, 6.45) is 0. The van der Waals surface area contributed by atoms with Crippen molar-refractivity contribution in [1.82, 2.24) is 9.97 Å². The minimum atomic E-state index is -0.358. The summed E-state index contributed by atoms with van der Waals surface area (Å²) in [6, 6.07) is 22.0. The van der Waals surface area contributed by atoms with Crippen molar-refractivity contribution in [1.29, 1.82) is 0 Å². The molecule has 126 valence electrons. The fourth-order valence-electron chi connectivity index (χ4n) is 2.17. The summed E-state index contributed by atoms with van der Waals surface area (Å²) in [4.78, 5) is 20.3. The second kappa shape index (κ2) is 8.69. The normalized spacial score (nSPS) is 10.6. The molecule has 1 heterocycles. The van der Waals surface area contributed by atoms with E-state index in [-0.39, 0.29) is 11.7 Å². The summed E-state index contributed by atoms with van der Waals surface area (Å²) in [6.45, 7) is 0. The molecule has 1 aromatic heterocycles. The van der Waals surface area contributed by atoms with Crippen molar-refractivity contribution >= 4 is 29.4 Å². The summed E-state index contributed by atoms with van der Waals surface area (Å²) < 4.78 is 0. The van der Waals surface area contributed by atoms with Crippen LogP contribution in [0.1, 0.15) is 5.56 Å². The number of benzene rings is 2. The van der Waals surface area contributed by atoms with Gasteiger partial charge in [0.25, 0.3) is 0 Å². The third kappa shape index (κ3) is 5.34. The monoisotopic (exact) mass is 367 g/mol. The number of primary amides is 1. The molecular weight excluding hydrogens is 350 g/mol. The van der Waals surface area contributed by atoms with Gasteiger partial charge in [0.15, 0.2) is 5.16 Å². The van der Waals surface area contributed by atoms with Gasteiger partial charge in [-0.2, -0.15) is 0 Å². The van der Waals surface area contributed by atoms with Crippen molar-refractivity contribution in [3.63, 3.8) is 0 Å². The zero-order valence-corrected chi connectivity index (χ0v) is 15.1. The van der Waals surface area contributed by atoms with Crippen molar-refractivity contribution < 1.29 is 4.79 Å². The van der Waals surface area contributed by atoms with Crippen LogP contribution in [0, 0.1) is 0 Å². The number of nitrogens with two attached hydrogens (primary N) is 1. The molecule has 2 N–H and O–H groups in total. The summed E-state index contributed by atoms with van der Waals surface area (Å²) in [7, 11) is 0. The Morgan fingerprint density at radius 1 is 0.920 bits per heavy atom. The first kappa shape index (κ1) is 17.5. The topological polar surface area (TPSA) is 68.9 Å². The number of aromatic nitrogens is 2. The lowest BCUT2D eigenvalue weighted by Crippen LogP contribution is -2.13. The molecule has 25 heavy (non-hydrogen) atoms. The fourth-order valence-corrected chi connectivity index (χ4v) is 3.67. The molecule has 1 amide bonds. The van der Waals surface area contributed by atoms with Gasteiger partial charge in [0.1, 0.15) is 5.03 Å². The molecule has 0 bridgehead atoms. The first-order valence-electron chi connectivity index (χ1n) is 7.73. The van der Waals surface area contributed by atoms with E-state index < -0.39 is 0 Å². The van der Waals surface area contributed by atoms with Crippen molar-refractivity contribution in [3.8, 4) is 11.3 Å². The van der Waals surface area contributed by atoms with Crippen LogP contribution in [0.15, 0.2) is 76.9 Å². The van der Waals surface area contributed by atoms with Gasteiger partial charge in [-0.15, -0.1) is 0 Å². The molecule has 0 atom stereocenters. The quantitative estimate of drug-likeness (QED) is 0.388. The molecule has 0 saturated heterocycles. The first-order valence-corrected chi connectivity index (χ1v) is 9.70. The molecule has 2 aromatic carbocycles. The minimum Gasteiger partial charge on any atom is -0.369 e. The van der Waals surface area contributed by atoms with E-state index in [9.17, 15) is 4.79 Å². The van der Waals surface area contributed by atoms with Gasteiger partial charge in [0.2, 0.25) is 5.91 Å². The van der Waals surface area contributed by atoms with E-state index in [2.05, 4.69) is 22.1 Å². The predicted molar refractivity (Wildman–Crippen MR) is 103 cm³/mol. The molecule has 0 aliphatic heterocycles. The Balaban J connectivity index is 1.85. The second-order valence-electron chi connectivity index (χ2n) is 5.27. The molecule has 0 unspecified atom stereocenters. The predicted octanol–water partition coefficient (Wildman–Crippen LogP) is 4.01. The van der Waals surface area contributed by atoms with Crippen molar-refractivity contribution in [2.75, 3.05) is 5.75 Å². The van der Waals surface area contributed by atoms with Crippen LogP contribution in [0.5, 0.6) is 0 Å². The standard InChI is InChI=1S/C19H17N3OS2/c20-17(23)13-24-18-11-16(15-9-5-2-6-10-15)21-19(22-18)25-12-14-7-3-1-4-8-14/h1-11H,12-13H2,(H2,20,23). The highest BCUT2D eigenvalue weighted by atomic mass is 32.2. The SMILES string of the molecule is NC(=O)CSc1cc(-c2ccccc2)nc(SCc2ccccc2)n1. The van der Waals surface area contributed by atoms with E-state index in [0.717, 1.165) is 22.0 Å². The van der Waals surface area contributed by atoms with Crippen molar-refractivity contribution in [2.45, 2.75) is 15.9 Å². The molecule has 3 rings (SSSR count). The van der Waals surface area contributed by atoms with Gasteiger partial charge < -0.3 is 5.73 Å². The number of hydrogen-bond donors (Lipinski definition) is 1. The van der Waals surface area contributed by atoms with Gasteiger partial charge >= 0.3 is 0 Å². The van der Waals surface area contributed by atoms with E-state index in [1.807, 2.05) is 54.6 Å². The largest absolute Gasteiger partial charge is 0.369 e. The molecule has 4 nitrogen and oxygen atoms in total. The molecule has 0 saturated carbocycles. The molecule has 0 aliphatic carbocycles. The van der Waals surface area contributed by atoms with Crippen LogP contribution in [-0.2, 0) is 10.5 Å². The number of amides is 1. The van der Waals surface area contributed by atoms with E-state index in [0.29, 0.717) is 5.16 Å². The number of hydrogen-bond acceptors (Lipinski definition) is 5. The van der Waals surface area contributed by atoms with Gasteiger partial charge in [0.05, 0.1) is 11.4 Å². The molecule has 0 radical (unpaired) electrons. The summed E-state index contributed by atoms with van der Waals surface area (Å²) in [5.74, 6) is 0.635. The lowest BCUT2D eigenvalue weighted by Gasteiger charge is -2.08. The molecule has 0 fully saturated rings. The molecule has 0 aliphatic rings. The minimum absolute atomic E-state index is 0.202. The number of nitrogens with zero attached hydrogens (tertiary/aromatic N) is 2. The number of carbonyl (C=O) groups excluding carboxylic acids is 1. The average molecular weight is 367 g/mol. The van der Waals surface area contributed by atoms with Gasteiger partial charge in [-0.05, 0) is 11.6 Å². The number of rotatable bonds is 7. The van der Waals surface area contributed by atoms with Crippen LogP contribution >= 0.6 is 23.5 Å². The Kier molecular flexibility index (Phi) is 6.09. The number of thioether (sulfide) groups is 2. The maximum Gasteiger partial charge on any atom is 0.227 e. The zero-order valence-electron chi connectivity index (χ0n) is 13.5. The van der Waals surface area contributed by atoms with Crippen LogP contribution in [0.4, 0.5) is 0 Å². The highest BCUT2D eigenvalue weighted by molar-refractivity contribution is 8.00. The lowest BCUT2D eigenvalue weighted by atomic mass is 10.1. The molecule has 6 heteroatoms. The fraction of sp³-hybridized carbons (Fsp3) is 0.105. The highest BCUT2D eigenvalue weighted by Crippen LogP contribution is 2.27. The van der Waals surface area contributed by atoms with Gasteiger partial charge in [-0.1, -0.05) is 84.2 Å². The lowest BCUT2D eigenvalue weighted by molar-refractivity contribution is -0.115. The van der Waals surface area contributed by atoms with Gasteiger partial charge in [-0.25, -0.2) is 9.97 Å². The van der Waals surface area contributed by atoms with E-state index in [4.69, 9.17) is 5.73 Å². The van der Waals surface area contributed by atoms with Gasteiger partial charge in [0, 0.05) is 11.3 Å². The number of carbonyl (C=O) groups is 1. The first-order chi connectivity index (χ1) is 12.2. The zero-order chi connectivity index (χ0) is 17.5. The summed E-state index contributed by atoms with van der Waals surface area (Å²) in [5, 5.41) is 1.44.